The van der Waals surface area contributed by atoms with Crippen LogP contribution in [0.3, 0.4) is 0 Å². The van der Waals surface area contributed by atoms with E-state index in [4.69, 9.17) is 14.4 Å². The molecule has 250 valence electrons. The molecule has 1 aliphatic carbocycles. The third-order valence-electron chi connectivity index (χ3n) is 10.3. The number of benzene rings is 6. The second-order valence-corrected chi connectivity index (χ2v) is 13.6. The molecule has 0 fully saturated rings. The van der Waals surface area contributed by atoms with Crippen LogP contribution in [0.1, 0.15) is 41.5 Å². The van der Waals surface area contributed by atoms with Crippen LogP contribution in [0, 0.1) is 0 Å². The Hall–Kier alpha value is -6.32. The second kappa shape index (κ2) is 13.8. The van der Waals surface area contributed by atoms with Crippen molar-refractivity contribution in [2.24, 2.45) is 9.98 Å². The number of aryl methyl sites for hydroxylation is 1. The fourth-order valence-electron chi connectivity index (χ4n) is 7.70. The number of nitrogens with zero attached hydrogens (tertiary/aromatic N) is 2. The van der Waals surface area contributed by atoms with E-state index < -0.39 is 0 Å². The van der Waals surface area contributed by atoms with Crippen LogP contribution in [0.15, 0.2) is 179 Å². The third kappa shape index (κ3) is 5.95. The van der Waals surface area contributed by atoms with Gasteiger partial charge in [-0.05, 0) is 81.8 Å². The van der Waals surface area contributed by atoms with Crippen molar-refractivity contribution in [3.05, 3.63) is 187 Å². The molecule has 3 heteroatoms. The summed E-state index contributed by atoms with van der Waals surface area (Å²) in [5.74, 6) is 0.766. The van der Waals surface area contributed by atoms with Gasteiger partial charge in [0.05, 0.1) is 11.8 Å². The molecule has 0 radical (unpaired) electrons. The van der Waals surface area contributed by atoms with Crippen molar-refractivity contribution >= 4 is 50.3 Å². The summed E-state index contributed by atoms with van der Waals surface area (Å²) in [7, 11) is 0. The number of rotatable bonds is 8. The second-order valence-electron chi connectivity index (χ2n) is 13.6. The maximum absolute atomic E-state index is 6.62. The van der Waals surface area contributed by atoms with Crippen LogP contribution < -0.4 is 0 Å². The molecule has 6 aromatic carbocycles. The molecule has 1 unspecified atom stereocenters. The predicted octanol–water partition coefficient (Wildman–Crippen LogP) is 12.7. The van der Waals surface area contributed by atoms with Crippen LogP contribution in [0.25, 0.3) is 61.0 Å². The molecule has 1 aromatic heterocycles. The number of furan rings is 1. The third-order valence-corrected chi connectivity index (χ3v) is 10.3. The van der Waals surface area contributed by atoms with Gasteiger partial charge in [0.2, 0.25) is 0 Å². The van der Waals surface area contributed by atoms with Crippen LogP contribution in [0.2, 0.25) is 0 Å². The van der Waals surface area contributed by atoms with Gasteiger partial charge in [-0.25, -0.2) is 4.99 Å². The highest BCUT2D eigenvalue weighted by atomic mass is 16.3. The summed E-state index contributed by atoms with van der Waals surface area (Å²) in [4.78, 5) is 10.5. The quantitative estimate of drug-likeness (QED) is 0.148. The first-order valence-corrected chi connectivity index (χ1v) is 18.2. The first-order valence-electron chi connectivity index (χ1n) is 18.2. The Kier molecular flexibility index (Phi) is 8.38. The monoisotopic (exact) mass is 670 g/mol. The van der Waals surface area contributed by atoms with E-state index in [1.165, 1.54) is 27.8 Å². The van der Waals surface area contributed by atoms with Crippen molar-refractivity contribution in [1.82, 2.24) is 0 Å². The van der Waals surface area contributed by atoms with Gasteiger partial charge in [-0.15, -0.1) is 0 Å². The van der Waals surface area contributed by atoms with Gasteiger partial charge < -0.3 is 4.42 Å². The van der Waals surface area contributed by atoms with Crippen LogP contribution in [-0.2, 0) is 6.42 Å². The standard InChI is InChI=1S/C49H38N2O/c1-2-3-4-5-9-19-38-31-46(36-16-7-6-8-17-36)51-49(50-38)45-32-44-43-30-37(28-29-47(43)52-48(44)42-22-13-12-21-41(42)45)33-24-26-35(27-25-33)40-23-14-18-34-15-10-11-20-39(34)40/h2-9,11-14,16-18,20-30,32,38H,1,10,15,19,31H2/b4-3-,9-5-. The molecule has 0 saturated carbocycles. The molecule has 0 N–H and O–H groups in total. The first kappa shape index (κ1) is 31.6. The molecule has 9 rings (SSSR count). The lowest BCUT2D eigenvalue weighted by atomic mass is 9.89. The summed E-state index contributed by atoms with van der Waals surface area (Å²) >= 11 is 0. The zero-order valence-electron chi connectivity index (χ0n) is 29.0. The van der Waals surface area contributed by atoms with Crippen molar-refractivity contribution in [3.63, 3.8) is 0 Å². The molecule has 2 heterocycles. The average Bonchev–Trinajstić information content (AvgIpc) is 3.59. The minimum Gasteiger partial charge on any atom is -0.455 e. The first-order chi connectivity index (χ1) is 25.7. The Labute approximate surface area is 304 Å². The Bertz CT molecular complexity index is 2630. The van der Waals surface area contributed by atoms with Gasteiger partial charge in [0.15, 0.2) is 5.84 Å². The Morgan fingerprint density at radius 2 is 1.48 bits per heavy atom. The largest absolute Gasteiger partial charge is 0.455 e. The van der Waals surface area contributed by atoms with Gasteiger partial charge in [-0.1, -0.05) is 152 Å². The van der Waals surface area contributed by atoms with E-state index in [1.54, 1.807) is 6.08 Å². The van der Waals surface area contributed by atoms with Crippen molar-refractivity contribution in [3.8, 4) is 22.3 Å². The van der Waals surface area contributed by atoms with Gasteiger partial charge in [0, 0.05) is 28.1 Å². The number of aliphatic imine (C=N–C) groups is 2. The number of amidine groups is 1. The van der Waals surface area contributed by atoms with Crippen molar-refractivity contribution < 1.29 is 4.42 Å². The molecule has 0 bridgehead atoms. The van der Waals surface area contributed by atoms with Gasteiger partial charge in [-0.3, -0.25) is 4.99 Å². The molecular formula is C49H38N2O. The fraction of sp³-hybridized carbons (Fsp3) is 0.102. The van der Waals surface area contributed by atoms with Crippen LogP contribution in [0.4, 0.5) is 0 Å². The highest BCUT2D eigenvalue weighted by Gasteiger charge is 2.23. The van der Waals surface area contributed by atoms with Gasteiger partial charge in [0.1, 0.15) is 11.2 Å². The molecule has 0 spiro atoms. The molecule has 52 heavy (non-hydrogen) atoms. The van der Waals surface area contributed by atoms with E-state index in [2.05, 4.69) is 152 Å². The normalized spacial score (nSPS) is 15.8. The molecule has 0 amide bonds. The summed E-state index contributed by atoms with van der Waals surface area (Å²) in [5.41, 5.74) is 12.6. The number of allylic oxidation sites excluding steroid dienone is 5. The van der Waals surface area contributed by atoms with Crippen molar-refractivity contribution in [2.75, 3.05) is 0 Å². The molecule has 7 aromatic rings. The van der Waals surface area contributed by atoms with E-state index >= 15 is 0 Å². The van der Waals surface area contributed by atoms with E-state index in [-0.39, 0.29) is 6.04 Å². The molecule has 1 atom stereocenters. The van der Waals surface area contributed by atoms with E-state index in [1.807, 2.05) is 12.2 Å². The molecule has 2 aliphatic rings. The maximum Gasteiger partial charge on any atom is 0.155 e. The Morgan fingerprint density at radius 1 is 0.673 bits per heavy atom. The topological polar surface area (TPSA) is 37.9 Å². The fourth-order valence-corrected chi connectivity index (χ4v) is 7.70. The summed E-state index contributed by atoms with van der Waals surface area (Å²) in [6.07, 6.45) is 18.4. The number of hydrogen-bond acceptors (Lipinski definition) is 3. The van der Waals surface area contributed by atoms with Gasteiger partial charge >= 0.3 is 0 Å². The van der Waals surface area contributed by atoms with Crippen molar-refractivity contribution in [2.45, 2.75) is 31.7 Å². The van der Waals surface area contributed by atoms with Gasteiger partial charge in [0.25, 0.3) is 0 Å². The number of fused-ring (bicyclic) bond motifs is 6. The molecule has 1 aliphatic heterocycles. The Morgan fingerprint density at radius 3 is 2.35 bits per heavy atom. The minimum atomic E-state index is 0.0682. The van der Waals surface area contributed by atoms with E-state index in [9.17, 15) is 0 Å². The molecule has 0 saturated heterocycles. The molecular weight excluding hydrogens is 633 g/mol. The highest BCUT2D eigenvalue weighted by Crippen LogP contribution is 2.39. The summed E-state index contributed by atoms with van der Waals surface area (Å²) < 4.78 is 6.62. The van der Waals surface area contributed by atoms with Crippen LogP contribution in [-0.4, -0.2) is 17.6 Å². The lowest BCUT2D eigenvalue weighted by molar-refractivity contribution is 0.672. The highest BCUT2D eigenvalue weighted by molar-refractivity contribution is 6.24. The minimum absolute atomic E-state index is 0.0682. The predicted molar refractivity (Wildman–Crippen MR) is 220 cm³/mol. The lowest BCUT2D eigenvalue weighted by Gasteiger charge is -2.21. The van der Waals surface area contributed by atoms with Crippen LogP contribution in [0.5, 0.6) is 0 Å². The van der Waals surface area contributed by atoms with E-state index in [0.29, 0.717) is 0 Å². The lowest BCUT2D eigenvalue weighted by Crippen LogP contribution is -2.21. The smallest absolute Gasteiger partial charge is 0.155 e. The summed E-state index contributed by atoms with van der Waals surface area (Å²) in [6, 6.07) is 43.5. The zero-order valence-corrected chi connectivity index (χ0v) is 29.0. The number of hydrogen-bond donors (Lipinski definition) is 0. The maximum atomic E-state index is 6.62. The van der Waals surface area contributed by atoms with Gasteiger partial charge in [-0.2, -0.15) is 0 Å². The Balaban J connectivity index is 1.14. The van der Waals surface area contributed by atoms with Crippen LogP contribution >= 0.6 is 0 Å². The van der Waals surface area contributed by atoms with E-state index in [0.717, 1.165) is 86.6 Å². The molecule has 3 nitrogen and oxygen atoms in total. The average molecular weight is 671 g/mol. The summed E-state index contributed by atoms with van der Waals surface area (Å²) in [6.45, 7) is 3.78. The SMILES string of the molecule is C=C/C=C\C=C/CC1CC(c2ccccc2)=NC(c2cc3c4cc(-c5ccc(-c6cccc7c6C=CCC7)cc5)ccc4oc3c3ccccc23)=N1. The zero-order chi connectivity index (χ0) is 34.9. The summed E-state index contributed by atoms with van der Waals surface area (Å²) in [5, 5.41) is 4.31. The van der Waals surface area contributed by atoms with Crippen molar-refractivity contribution in [1.29, 1.82) is 0 Å².